The van der Waals surface area contributed by atoms with Crippen LogP contribution in [-0.2, 0) is 20.2 Å². The van der Waals surface area contributed by atoms with Crippen LogP contribution in [0, 0.1) is 20.8 Å². The lowest BCUT2D eigenvalue weighted by atomic mass is 10.1. The van der Waals surface area contributed by atoms with Gasteiger partial charge >= 0.3 is 0 Å². The number of anilines is 2. The maximum absolute atomic E-state index is 12.5. The first-order chi connectivity index (χ1) is 27.4. The van der Waals surface area contributed by atoms with Gasteiger partial charge in [-0.1, -0.05) is 0 Å². The summed E-state index contributed by atoms with van der Waals surface area (Å²) in [6.07, 6.45) is 0. The van der Waals surface area contributed by atoms with Crippen molar-refractivity contribution in [2.75, 3.05) is 19.5 Å². The highest BCUT2D eigenvalue weighted by atomic mass is 32.2. The zero-order valence-corrected chi connectivity index (χ0v) is 33.0. The van der Waals surface area contributed by atoms with E-state index in [4.69, 9.17) is 9.47 Å². The number of methoxy groups -OCH3 is 2. The van der Waals surface area contributed by atoms with E-state index in [1.54, 1.807) is 82.5 Å². The van der Waals surface area contributed by atoms with Crippen molar-refractivity contribution in [3.63, 3.8) is 0 Å². The van der Waals surface area contributed by atoms with Crippen molar-refractivity contribution in [2.45, 2.75) is 30.6 Å². The van der Waals surface area contributed by atoms with E-state index in [9.17, 15) is 36.2 Å². The molecule has 17 nitrogen and oxygen atoms in total. The molecular formula is C39H35N7O10S2. The molecule has 298 valence electrons. The number of phenolic OH excluding ortho intramolecular Hbond substituents is 2. The summed E-state index contributed by atoms with van der Waals surface area (Å²) in [4.78, 5) is -1.15. The molecule has 0 aliphatic heterocycles. The van der Waals surface area contributed by atoms with Crippen LogP contribution in [0.25, 0.3) is 10.8 Å². The lowest BCUT2D eigenvalue weighted by Gasteiger charge is -2.12. The van der Waals surface area contributed by atoms with E-state index in [2.05, 4.69) is 36.0 Å². The molecule has 0 atom stereocenters. The normalized spacial score (nSPS) is 12.3. The van der Waals surface area contributed by atoms with Gasteiger partial charge in [0.1, 0.15) is 44.1 Å². The predicted molar refractivity (Wildman–Crippen MR) is 216 cm³/mol. The summed E-state index contributed by atoms with van der Waals surface area (Å²) in [5.41, 5.74) is 3.34. The maximum atomic E-state index is 12.5. The van der Waals surface area contributed by atoms with Gasteiger partial charge in [-0.05, 0) is 122 Å². The fraction of sp³-hybridized carbons (Fsp3) is 0.128. The molecule has 5 N–H and O–H groups in total. The standard InChI is InChI=1S/C39H35N7O10S2/c1-21-15-32(44-46-38-37(58(52,53)54)18-24-17-26(8-12-29(24)39(38)48)40-25-6-9-27(55-4)10-7-25)22(2)14-31(21)42-45-34-16-23(3)33(20-35(34)47)43-41-30-13-11-28(56-5)19-36(30)57(49,50)51/h6-20,40,47-48H,1-5H3,(H,49,50,51)(H,52,53,54). The van der Waals surface area contributed by atoms with Gasteiger partial charge in [0.15, 0.2) is 5.75 Å². The monoisotopic (exact) mass is 825 g/mol. The van der Waals surface area contributed by atoms with Crippen molar-refractivity contribution >= 4 is 76.5 Å². The second-order valence-corrected chi connectivity index (χ2v) is 15.6. The molecule has 0 saturated heterocycles. The number of hydrogen-bond acceptors (Lipinski definition) is 15. The number of aromatic hydroxyl groups is 2. The van der Waals surface area contributed by atoms with Crippen molar-refractivity contribution in [2.24, 2.45) is 30.7 Å². The molecule has 6 rings (SSSR count). The number of fused-ring (bicyclic) bond motifs is 1. The SMILES string of the molecule is COc1ccc(Nc2ccc3c(O)c(N=Nc4cc(C)c(N=Nc5cc(C)c(N=Nc6ccc(OC)cc6S(=O)(=O)O)cc5O)cc4C)c(S(=O)(=O)O)cc3c2)cc1. The van der Waals surface area contributed by atoms with Gasteiger partial charge in [-0.25, -0.2) is 0 Å². The van der Waals surface area contributed by atoms with Crippen molar-refractivity contribution in [3.05, 3.63) is 108 Å². The highest BCUT2D eigenvalue weighted by Gasteiger charge is 2.23. The topological polar surface area (TPSA) is 254 Å². The lowest BCUT2D eigenvalue weighted by Crippen LogP contribution is -1.99. The number of nitrogens with one attached hydrogen (secondary N) is 1. The van der Waals surface area contributed by atoms with Crippen LogP contribution in [0.2, 0.25) is 0 Å². The number of hydrogen-bond donors (Lipinski definition) is 5. The van der Waals surface area contributed by atoms with Gasteiger partial charge in [0.25, 0.3) is 20.2 Å². The largest absolute Gasteiger partial charge is 0.506 e. The summed E-state index contributed by atoms with van der Waals surface area (Å²) in [5.74, 6) is 0.0521. The minimum absolute atomic E-state index is 0.0912. The Kier molecular flexibility index (Phi) is 11.5. The summed E-state index contributed by atoms with van der Waals surface area (Å²) in [6.45, 7) is 5.08. The Hall–Kier alpha value is -6.80. The van der Waals surface area contributed by atoms with E-state index in [1.165, 1.54) is 37.4 Å². The van der Waals surface area contributed by atoms with Gasteiger partial charge < -0.3 is 25.0 Å². The Morgan fingerprint density at radius 3 is 1.60 bits per heavy atom. The van der Waals surface area contributed by atoms with E-state index in [1.807, 2.05) is 0 Å². The second-order valence-electron chi connectivity index (χ2n) is 12.8. The Bertz CT molecular complexity index is 2900. The Balaban J connectivity index is 1.24. The summed E-state index contributed by atoms with van der Waals surface area (Å²) >= 11 is 0. The number of azo groups is 3. The van der Waals surface area contributed by atoms with Crippen LogP contribution in [-0.4, -0.2) is 50.4 Å². The summed E-state index contributed by atoms with van der Waals surface area (Å²) in [5, 5.41) is 50.4. The molecule has 0 spiro atoms. The number of rotatable bonds is 12. The Morgan fingerprint density at radius 2 is 1.02 bits per heavy atom. The molecule has 0 bridgehead atoms. The molecule has 0 fully saturated rings. The number of nitrogens with zero attached hydrogens (tertiary/aromatic N) is 6. The second kappa shape index (κ2) is 16.4. The van der Waals surface area contributed by atoms with Crippen molar-refractivity contribution in [1.29, 1.82) is 0 Å². The average molecular weight is 826 g/mol. The van der Waals surface area contributed by atoms with E-state index in [0.29, 0.717) is 44.9 Å². The molecule has 0 aliphatic carbocycles. The van der Waals surface area contributed by atoms with Gasteiger partial charge in [-0.15, -0.1) is 15.3 Å². The third-order valence-electron chi connectivity index (χ3n) is 8.75. The minimum Gasteiger partial charge on any atom is -0.506 e. The molecule has 0 saturated carbocycles. The summed E-state index contributed by atoms with van der Waals surface area (Å²) in [6, 6.07) is 23.1. The predicted octanol–water partition coefficient (Wildman–Crippen LogP) is 10.7. The fourth-order valence-electron chi connectivity index (χ4n) is 5.65. The molecule has 19 heteroatoms. The van der Waals surface area contributed by atoms with Crippen LogP contribution < -0.4 is 14.8 Å². The first-order valence-corrected chi connectivity index (χ1v) is 19.9. The average Bonchev–Trinajstić information content (AvgIpc) is 3.17. The van der Waals surface area contributed by atoms with E-state index < -0.39 is 41.5 Å². The van der Waals surface area contributed by atoms with Crippen LogP contribution in [0.5, 0.6) is 23.0 Å². The van der Waals surface area contributed by atoms with Crippen LogP contribution in [0.3, 0.4) is 0 Å². The number of aryl methyl sites for hydroxylation is 3. The molecular weight excluding hydrogens is 791 g/mol. The van der Waals surface area contributed by atoms with Crippen LogP contribution in [0.4, 0.5) is 45.5 Å². The number of phenols is 2. The van der Waals surface area contributed by atoms with Crippen molar-refractivity contribution in [3.8, 4) is 23.0 Å². The van der Waals surface area contributed by atoms with Crippen LogP contribution in [0.1, 0.15) is 16.7 Å². The highest BCUT2D eigenvalue weighted by molar-refractivity contribution is 7.86. The van der Waals surface area contributed by atoms with Crippen molar-refractivity contribution in [1.82, 2.24) is 0 Å². The van der Waals surface area contributed by atoms with Gasteiger partial charge in [0, 0.05) is 28.9 Å². The zero-order chi connectivity index (χ0) is 41.9. The number of ether oxygens (including phenoxy) is 2. The fourth-order valence-corrected chi connectivity index (χ4v) is 6.95. The van der Waals surface area contributed by atoms with Crippen molar-refractivity contribution < 1.29 is 45.6 Å². The molecule has 0 aromatic heterocycles. The van der Waals surface area contributed by atoms with Gasteiger partial charge in [0.05, 0.1) is 31.3 Å². The van der Waals surface area contributed by atoms with Crippen LogP contribution >= 0.6 is 0 Å². The third kappa shape index (κ3) is 9.08. The summed E-state index contributed by atoms with van der Waals surface area (Å²) < 4.78 is 78.7. The molecule has 6 aromatic carbocycles. The van der Waals surface area contributed by atoms with Crippen LogP contribution in [0.15, 0.2) is 131 Å². The molecule has 0 heterocycles. The zero-order valence-electron chi connectivity index (χ0n) is 31.4. The number of benzene rings is 6. The minimum atomic E-state index is -4.87. The third-order valence-corrected chi connectivity index (χ3v) is 10.5. The maximum Gasteiger partial charge on any atom is 0.296 e. The van der Waals surface area contributed by atoms with E-state index in [-0.39, 0.29) is 33.9 Å². The van der Waals surface area contributed by atoms with Gasteiger partial charge in [-0.3, -0.25) is 9.11 Å². The Labute approximate surface area is 332 Å². The molecule has 58 heavy (non-hydrogen) atoms. The smallest absolute Gasteiger partial charge is 0.296 e. The van der Waals surface area contributed by atoms with Gasteiger partial charge in [-0.2, -0.15) is 32.2 Å². The molecule has 0 amide bonds. The molecule has 0 unspecified atom stereocenters. The van der Waals surface area contributed by atoms with Gasteiger partial charge in [0.2, 0.25) is 0 Å². The van der Waals surface area contributed by atoms with E-state index in [0.717, 1.165) is 11.8 Å². The first-order valence-electron chi connectivity index (χ1n) is 17.0. The lowest BCUT2D eigenvalue weighted by molar-refractivity contribution is 0.412. The highest BCUT2D eigenvalue weighted by Crippen LogP contribution is 2.43. The summed E-state index contributed by atoms with van der Waals surface area (Å²) in [7, 11) is -6.62. The molecule has 0 radical (unpaired) electrons. The quantitative estimate of drug-likeness (QED) is 0.0573. The molecule has 6 aromatic rings. The first kappa shape index (κ1) is 40.9. The molecule has 0 aliphatic rings. The van der Waals surface area contributed by atoms with E-state index >= 15 is 0 Å². The Morgan fingerprint density at radius 1 is 0.517 bits per heavy atom.